The number of hydrogen-bond acceptors (Lipinski definition) is 2. The maximum atomic E-state index is 12.8. The van der Waals surface area contributed by atoms with E-state index in [-0.39, 0.29) is 17.7 Å². The molecule has 0 saturated carbocycles. The van der Waals surface area contributed by atoms with Gasteiger partial charge in [0.2, 0.25) is 5.91 Å². The lowest BCUT2D eigenvalue weighted by atomic mass is 9.90. The molecule has 1 aliphatic rings. The lowest BCUT2D eigenvalue weighted by molar-refractivity contribution is -0.120. The number of carbonyl (C=O) groups excluding carboxylic acids is 2. The van der Waals surface area contributed by atoms with E-state index in [2.05, 4.69) is 29.6 Å². The summed E-state index contributed by atoms with van der Waals surface area (Å²) in [6.45, 7) is 5.67. The van der Waals surface area contributed by atoms with Crippen LogP contribution in [0, 0.1) is 11.8 Å². The molecule has 1 fully saturated rings. The zero-order valence-corrected chi connectivity index (χ0v) is 17.6. The fourth-order valence-corrected chi connectivity index (χ4v) is 4.07. The van der Waals surface area contributed by atoms with Crippen LogP contribution in [-0.2, 0) is 11.2 Å². The molecule has 2 aromatic carbocycles. The third-order valence-electron chi connectivity index (χ3n) is 6.02. The molecular formula is C25H32N2O2. The van der Waals surface area contributed by atoms with Crippen molar-refractivity contribution in [3.05, 3.63) is 65.7 Å². The topological polar surface area (TPSA) is 49.4 Å². The lowest BCUT2D eigenvalue weighted by Gasteiger charge is -2.32. The summed E-state index contributed by atoms with van der Waals surface area (Å²) in [5.74, 6) is 0.813. The maximum Gasteiger partial charge on any atom is 0.253 e. The molecule has 0 aromatic heterocycles. The number of anilines is 1. The van der Waals surface area contributed by atoms with E-state index in [1.54, 1.807) is 0 Å². The van der Waals surface area contributed by atoms with Gasteiger partial charge < -0.3 is 10.2 Å². The minimum Gasteiger partial charge on any atom is -0.339 e. The average molecular weight is 393 g/mol. The van der Waals surface area contributed by atoms with Crippen LogP contribution in [-0.4, -0.2) is 29.8 Å². The van der Waals surface area contributed by atoms with Crippen molar-refractivity contribution in [3.8, 4) is 0 Å². The Labute approximate surface area is 174 Å². The Morgan fingerprint density at radius 2 is 1.59 bits per heavy atom. The van der Waals surface area contributed by atoms with Crippen LogP contribution in [0.15, 0.2) is 54.6 Å². The fourth-order valence-electron chi connectivity index (χ4n) is 4.07. The monoisotopic (exact) mass is 392 g/mol. The molecule has 154 valence electrons. The Bertz CT molecular complexity index is 789. The number of hydrogen-bond donors (Lipinski definition) is 1. The molecule has 3 rings (SSSR count). The summed E-state index contributed by atoms with van der Waals surface area (Å²) in [5, 5.41) is 2.95. The predicted octanol–water partition coefficient (Wildman–Crippen LogP) is 5.16. The first-order chi connectivity index (χ1) is 14.1. The molecule has 4 heteroatoms. The summed E-state index contributed by atoms with van der Waals surface area (Å²) < 4.78 is 0. The molecule has 2 amide bonds. The van der Waals surface area contributed by atoms with E-state index < -0.39 is 0 Å². The quantitative estimate of drug-likeness (QED) is 0.708. The van der Waals surface area contributed by atoms with Crippen LogP contribution < -0.4 is 5.32 Å². The minimum atomic E-state index is 0.0356. The van der Waals surface area contributed by atoms with Crippen molar-refractivity contribution in [2.24, 2.45) is 11.8 Å². The van der Waals surface area contributed by atoms with E-state index in [0.29, 0.717) is 11.5 Å². The summed E-state index contributed by atoms with van der Waals surface area (Å²) in [6.07, 6.45) is 4.85. The summed E-state index contributed by atoms with van der Waals surface area (Å²) >= 11 is 0. The Morgan fingerprint density at radius 1 is 0.966 bits per heavy atom. The van der Waals surface area contributed by atoms with Gasteiger partial charge in [0.25, 0.3) is 5.91 Å². The molecule has 1 saturated heterocycles. The molecule has 1 heterocycles. The second-order valence-electron chi connectivity index (χ2n) is 8.01. The molecule has 0 aliphatic carbocycles. The fraction of sp³-hybridized carbons (Fsp3) is 0.440. The molecule has 0 radical (unpaired) electrons. The van der Waals surface area contributed by atoms with Gasteiger partial charge in [0.15, 0.2) is 0 Å². The second kappa shape index (κ2) is 10.2. The summed E-state index contributed by atoms with van der Waals surface area (Å²) in [5.41, 5.74) is 2.82. The smallest absolute Gasteiger partial charge is 0.253 e. The second-order valence-corrected chi connectivity index (χ2v) is 8.01. The molecule has 4 nitrogen and oxygen atoms in total. The molecule has 0 unspecified atom stereocenters. The van der Waals surface area contributed by atoms with E-state index >= 15 is 0 Å². The van der Waals surface area contributed by atoms with Crippen LogP contribution >= 0.6 is 0 Å². The van der Waals surface area contributed by atoms with Crippen LogP contribution in [0.4, 0.5) is 5.69 Å². The van der Waals surface area contributed by atoms with E-state index in [1.165, 1.54) is 5.56 Å². The zero-order chi connectivity index (χ0) is 20.6. The minimum absolute atomic E-state index is 0.0356. The number of piperidine rings is 1. The Morgan fingerprint density at radius 3 is 2.17 bits per heavy atom. The van der Waals surface area contributed by atoms with Crippen molar-refractivity contribution in [1.29, 1.82) is 0 Å². The van der Waals surface area contributed by atoms with Crippen molar-refractivity contribution in [2.75, 3.05) is 18.4 Å². The largest absolute Gasteiger partial charge is 0.339 e. The predicted molar refractivity (Wildman–Crippen MR) is 118 cm³/mol. The van der Waals surface area contributed by atoms with Crippen molar-refractivity contribution < 1.29 is 9.59 Å². The number of rotatable bonds is 7. The first-order valence-corrected chi connectivity index (χ1v) is 10.8. The standard InChI is InChI=1S/C25H32N2O2/c1-3-21(4-2)24(28)26-23-12-10-22(11-13-23)25(29)27-16-14-20(15-17-27)18-19-8-6-5-7-9-19/h5-13,20-21H,3-4,14-18H2,1-2H3,(H,26,28). The number of benzene rings is 2. The van der Waals surface area contributed by atoms with E-state index in [9.17, 15) is 9.59 Å². The van der Waals surface area contributed by atoms with Gasteiger partial charge in [-0.15, -0.1) is 0 Å². The van der Waals surface area contributed by atoms with Gasteiger partial charge in [0, 0.05) is 30.3 Å². The molecule has 2 aromatic rings. The van der Waals surface area contributed by atoms with Crippen LogP contribution in [0.5, 0.6) is 0 Å². The van der Waals surface area contributed by atoms with Crippen molar-refractivity contribution in [2.45, 2.75) is 46.0 Å². The van der Waals surface area contributed by atoms with Gasteiger partial charge in [0.05, 0.1) is 0 Å². The highest BCUT2D eigenvalue weighted by molar-refractivity contribution is 5.96. The van der Waals surface area contributed by atoms with Crippen molar-refractivity contribution >= 4 is 17.5 Å². The first-order valence-electron chi connectivity index (χ1n) is 10.8. The molecule has 0 spiro atoms. The number of amides is 2. The third-order valence-corrected chi connectivity index (χ3v) is 6.02. The highest BCUT2D eigenvalue weighted by atomic mass is 16.2. The molecular weight excluding hydrogens is 360 g/mol. The number of nitrogens with zero attached hydrogens (tertiary/aromatic N) is 1. The first kappa shape index (κ1) is 21.1. The van der Waals surface area contributed by atoms with E-state index in [0.717, 1.165) is 50.9 Å². The van der Waals surface area contributed by atoms with E-state index in [1.807, 2.05) is 49.1 Å². The van der Waals surface area contributed by atoms with Crippen molar-refractivity contribution in [1.82, 2.24) is 4.90 Å². The normalized spacial score (nSPS) is 14.8. The Balaban J connectivity index is 1.51. The molecule has 0 bridgehead atoms. The van der Waals surface area contributed by atoms with Gasteiger partial charge in [-0.05, 0) is 67.9 Å². The summed E-state index contributed by atoms with van der Waals surface area (Å²) in [4.78, 5) is 27.0. The van der Waals surface area contributed by atoms with Gasteiger partial charge in [-0.2, -0.15) is 0 Å². The highest BCUT2D eigenvalue weighted by Gasteiger charge is 2.24. The van der Waals surface area contributed by atoms with Crippen LogP contribution in [0.2, 0.25) is 0 Å². The highest BCUT2D eigenvalue weighted by Crippen LogP contribution is 2.23. The van der Waals surface area contributed by atoms with Gasteiger partial charge in [-0.3, -0.25) is 9.59 Å². The number of likely N-dealkylation sites (tertiary alicyclic amines) is 1. The Kier molecular flexibility index (Phi) is 7.45. The summed E-state index contributed by atoms with van der Waals surface area (Å²) in [6, 6.07) is 17.9. The average Bonchev–Trinajstić information content (AvgIpc) is 2.76. The van der Waals surface area contributed by atoms with Gasteiger partial charge in [0.1, 0.15) is 0 Å². The van der Waals surface area contributed by atoms with Gasteiger partial charge in [-0.1, -0.05) is 44.2 Å². The molecule has 1 N–H and O–H groups in total. The Hall–Kier alpha value is -2.62. The van der Waals surface area contributed by atoms with Gasteiger partial charge >= 0.3 is 0 Å². The van der Waals surface area contributed by atoms with Crippen molar-refractivity contribution in [3.63, 3.8) is 0 Å². The van der Waals surface area contributed by atoms with Crippen LogP contribution in [0.25, 0.3) is 0 Å². The SMILES string of the molecule is CCC(CC)C(=O)Nc1ccc(C(=O)N2CCC(Cc3ccccc3)CC2)cc1. The number of carbonyl (C=O) groups is 2. The number of nitrogens with one attached hydrogen (secondary N) is 1. The lowest BCUT2D eigenvalue weighted by Crippen LogP contribution is -2.38. The van der Waals surface area contributed by atoms with Crippen LogP contribution in [0.1, 0.15) is 55.5 Å². The van der Waals surface area contributed by atoms with Gasteiger partial charge in [-0.25, -0.2) is 0 Å². The molecule has 0 atom stereocenters. The van der Waals surface area contributed by atoms with Crippen LogP contribution in [0.3, 0.4) is 0 Å². The molecule has 29 heavy (non-hydrogen) atoms. The zero-order valence-electron chi connectivity index (χ0n) is 17.6. The summed E-state index contributed by atoms with van der Waals surface area (Å²) in [7, 11) is 0. The van der Waals surface area contributed by atoms with E-state index in [4.69, 9.17) is 0 Å². The third kappa shape index (κ3) is 5.69. The molecule has 1 aliphatic heterocycles. The maximum absolute atomic E-state index is 12.8.